The minimum atomic E-state index is -0.723. The first-order valence-corrected chi connectivity index (χ1v) is 3.95. The maximum absolute atomic E-state index is 10.4. The lowest BCUT2D eigenvalue weighted by Gasteiger charge is -2.07. The average Bonchev–Trinajstić information content (AvgIpc) is 2.35. The summed E-state index contributed by atoms with van der Waals surface area (Å²) in [5, 5.41) is 1.74. The van der Waals surface area contributed by atoms with E-state index in [9.17, 15) is 4.79 Å². The monoisotopic (exact) mass is 208 g/mol. The van der Waals surface area contributed by atoms with Crippen LogP contribution in [0.4, 0.5) is 0 Å². The summed E-state index contributed by atoms with van der Waals surface area (Å²) in [6, 6.07) is 0. The molecule has 0 aliphatic heterocycles. The summed E-state index contributed by atoms with van der Waals surface area (Å²) < 4.78 is 4.68. The number of ether oxygens (including phenoxy) is 1. The number of aromatic nitrogens is 1. The van der Waals surface area contributed by atoms with Gasteiger partial charge in [0, 0.05) is 12.3 Å². The van der Waals surface area contributed by atoms with E-state index in [1.807, 2.05) is 0 Å². The summed E-state index contributed by atoms with van der Waals surface area (Å²) >= 11 is 1.41. The van der Waals surface area contributed by atoms with Gasteiger partial charge in [-0.3, -0.25) is 10.5 Å². The predicted octanol–water partition coefficient (Wildman–Crippen LogP) is 1.09. The van der Waals surface area contributed by atoms with Gasteiger partial charge >= 0.3 is 5.97 Å². The molecule has 0 fully saturated rings. The van der Waals surface area contributed by atoms with Crippen molar-refractivity contribution in [3.63, 3.8) is 0 Å². The maximum Gasteiger partial charge on any atom is 0.304 e. The molecular weight excluding hydrogens is 200 g/mol. The van der Waals surface area contributed by atoms with Gasteiger partial charge in [0.15, 0.2) is 6.23 Å². The van der Waals surface area contributed by atoms with Crippen LogP contribution in [0.25, 0.3) is 0 Å². The van der Waals surface area contributed by atoms with Crippen LogP contribution >= 0.6 is 23.7 Å². The molecule has 0 saturated heterocycles. The second kappa shape index (κ2) is 5.08. The Kier molecular flexibility index (Phi) is 4.80. The molecule has 0 bridgehead atoms. The highest BCUT2D eigenvalue weighted by atomic mass is 35.5. The Hall–Kier alpha value is -0.650. The van der Waals surface area contributed by atoms with Crippen molar-refractivity contribution in [3.8, 4) is 0 Å². The third-order valence-electron chi connectivity index (χ3n) is 1.04. The molecule has 1 aromatic rings. The molecule has 4 nitrogen and oxygen atoms in total. The van der Waals surface area contributed by atoms with Crippen LogP contribution < -0.4 is 5.73 Å². The Morgan fingerprint density at radius 1 is 1.83 bits per heavy atom. The summed E-state index contributed by atoms with van der Waals surface area (Å²) in [5.41, 5.74) is 7.67. The van der Waals surface area contributed by atoms with Crippen molar-refractivity contribution in [2.45, 2.75) is 13.2 Å². The number of rotatable bonds is 2. The first-order valence-electron chi connectivity index (χ1n) is 3.01. The van der Waals surface area contributed by atoms with E-state index in [1.54, 1.807) is 10.9 Å². The van der Waals surface area contributed by atoms with Gasteiger partial charge in [0.1, 0.15) is 5.69 Å². The fraction of sp³-hybridized carbons (Fsp3) is 0.333. The minimum absolute atomic E-state index is 0. The number of nitrogens with two attached hydrogens (primary N) is 1. The van der Waals surface area contributed by atoms with Crippen LogP contribution in [0.15, 0.2) is 10.9 Å². The van der Waals surface area contributed by atoms with Crippen molar-refractivity contribution in [1.29, 1.82) is 0 Å². The smallest absolute Gasteiger partial charge is 0.304 e. The molecule has 6 heteroatoms. The lowest BCUT2D eigenvalue weighted by molar-refractivity contribution is -0.146. The van der Waals surface area contributed by atoms with E-state index in [4.69, 9.17) is 5.73 Å². The van der Waals surface area contributed by atoms with Crippen LogP contribution in [0.3, 0.4) is 0 Å². The number of hydrogen-bond acceptors (Lipinski definition) is 5. The largest absolute Gasteiger partial charge is 0.441 e. The zero-order valence-electron chi connectivity index (χ0n) is 6.39. The number of nitrogens with zero attached hydrogens (tertiary/aromatic N) is 1. The van der Waals surface area contributed by atoms with E-state index in [-0.39, 0.29) is 12.4 Å². The normalized spacial score (nSPS) is 11.5. The van der Waals surface area contributed by atoms with Gasteiger partial charge < -0.3 is 4.74 Å². The molecule has 68 valence electrons. The molecule has 0 saturated carbocycles. The first-order chi connectivity index (χ1) is 5.20. The van der Waals surface area contributed by atoms with Crippen LogP contribution in [-0.4, -0.2) is 11.0 Å². The Morgan fingerprint density at radius 3 is 2.92 bits per heavy atom. The lowest BCUT2D eigenvalue weighted by atomic mass is 10.4. The molecule has 0 radical (unpaired) electrons. The molecule has 1 heterocycles. The molecule has 1 aromatic heterocycles. The molecule has 1 atom stereocenters. The number of thiazole rings is 1. The maximum atomic E-state index is 10.4. The fourth-order valence-electron chi connectivity index (χ4n) is 0.602. The molecule has 0 aromatic carbocycles. The van der Waals surface area contributed by atoms with Crippen molar-refractivity contribution in [2.24, 2.45) is 5.73 Å². The van der Waals surface area contributed by atoms with Gasteiger partial charge in [-0.15, -0.1) is 23.7 Å². The van der Waals surface area contributed by atoms with Crippen molar-refractivity contribution in [2.75, 3.05) is 0 Å². The Labute approximate surface area is 80.2 Å². The molecule has 1 unspecified atom stereocenters. The van der Waals surface area contributed by atoms with Gasteiger partial charge in [0.2, 0.25) is 0 Å². The minimum Gasteiger partial charge on any atom is -0.441 e. The molecule has 0 aliphatic carbocycles. The van der Waals surface area contributed by atoms with Crippen molar-refractivity contribution in [1.82, 2.24) is 4.98 Å². The number of halogens is 1. The molecule has 0 aliphatic rings. The van der Waals surface area contributed by atoms with E-state index >= 15 is 0 Å². The van der Waals surface area contributed by atoms with Gasteiger partial charge in [-0.25, -0.2) is 4.98 Å². The standard InChI is InChI=1S/C6H8N2O2S.ClH/c1-4(9)10-6(7)5-2-11-3-8-5;/h2-3,6H,7H2,1H3;1H. The average molecular weight is 209 g/mol. The topological polar surface area (TPSA) is 65.2 Å². The summed E-state index contributed by atoms with van der Waals surface area (Å²) in [4.78, 5) is 14.3. The van der Waals surface area contributed by atoms with Crippen LogP contribution in [0.1, 0.15) is 18.8 Å². The van der Waals surface area contributed by atoms with E-state index in [2.05, 4.69) is 9.72 Å². The number of hydrogen-bond donors (Lipinski definition) is 1. The third-order valence-corrected chi connectivity index (χ3v) is 1.64. The van der Waals surface area contributed by atoms with Crippen LogP contribution in [0, 0.1) is 0 Å². The second-order valence-electron chi connectivity index (χ2n) is 1.94. The van der Waals surface area contributed by atoms with E-state index < -0.39 is 12.2 Å². The van der Waals surface area contributed by atoms with Gasteiger partial charge in [0.05, 0.1) is 5.51 Å². The predicted molar refractivity (Wildman–Crippen MR) is 48.1 cm³/mol. The molecular formula is C6H9ClN2O2S. The summed E-state index contributed by atoms with van der Waals surface area (Å²) in [7, 11) is 0. The first kappa shape index (κ1) is 11.4. The quantitative estimate of drug-likeness (QED) is 0.584. The van der Waals surface area contributed by atoms with Crippen LogP contribution in [-0.2, 0) is 9.53 Å². The summed E-state index contributed by atoms with van der Waals surface area (Å²) in [6.45, 7) is 1.31. The highest BCUT2D eigenvalue weighted by Gasteiger charge is 2.09. The van der Waals surface area contributed by atoms with Gasteiger partial charge in [-0.05, 0) is 0 Å². The summed E-state index contributed by atoms with van der Waals surface area (Å²) in [5.74, 6) is -0.398. The zero-order chi connectivity index (χ0) is 8.27. The number of carbonyl (C=O) groups excluding carboxylic acids is 1. The van der Waals surface area contributed by atoms with Gasteiger partial charge in [0.25, 0.3) is 0 Å². The van der Waals surface area contributed by atoms with Crippen LogP contribution in [0.5, 0.6) is 0 Å². The van der Waals surface area contributed by atoms with E-state index in [1.165, 1.54) is 18.3 Å². The van der Waals surface area contributed by atoms with Gasteiger partial charge in [-0.2, -0.15) is 0 Å². The van der Waals surface area contributed by atoms with Crippen molar-refractivity contribution in [3.05, 3.63) is 16.6 Å². The molecule has 1 rings (SSSR count). The molecule has 0 spiro atoms. The Bertz CT molecular complexity index is 240. The summed E-state index contributed by atoms with van der Waals surface area (Å²) in [6.07, 6.45) is -0.723. The van der Waals surface area contributed by atoms with Crippen LogP contribution in [0.2, 0.25) is 0 Å². The van der Waals surface area contributed by atoms with E-state index in [0.29, 0.717) is 5.69 Å². The lowest BCUT2D eigenvalue weighted by Crippen LogP contribution is -2.17. The fourth-order valence-corrected chi connectivity index (χ4v) is 1.18. The molecule has 12 heavy (non-hydrogen) atoms. The Balaban J connectivity index is 0.00000121. The highest BCUT2D eigenvalue weighted by Crippen LogP contribution is 2.10. The Morgan fingerprint density at radius 2 is 2.50 bits per heavy atom. The highest BCUT2D eigenvalue weighted by molar-refractivity contribution is 7.07. The second-order valence-corrected chi connectivity index (χ2v) is 2.66. The third kappa shape index (κ3) is 3.17. The molecule has 2 N–H and O–H groups in total. The zero-order valence-corrected chi connectivity index (χ0v) is 8.02. The van der Waals surface area contributed by atoms with Gasteiger partial charge in [-0.1, -0.05) is 0 Å². The van der Waals surface area contributed by atoms with E-state index in [0.717, 1.165) is 0 Å². The molecule has 0 amide bonds. The van der Waals surface area contributed by atoms with Crippen molar-refractivity contribution >= 4 is 29.7 Å². The van der Waals surface area contributed by atoms with Crippen molar-refractivity contribution < 1.29 is 9.53 Å². The SMILES string of the molecule is CC(=O)OC(N)c1cscn1.Cl. The number of carbonyl (C=O) groups is 1. The number of esters is 1.